The Morgan fingerprint density at radius 3 is 2.59 bits per heavy atom. The molecule has 0 saturated heterocycles. The fraction of sp³-hybridized carbons (Fsp3) is 0.679. The zero-order chi connectivity index (χ0) is 28.8. The van der Waals surface area contributed by atoms with Crippen LogP contribution in [0.15, 0.2) is 36.0 Å². The number of phosphoric acid groups is 1. The average molecular weight is 626 g/mol. The van der Waals surface area contributed by atoms with Crippen LogP contribution in [0.2, 0.25) is 0 Å². The Morgan fingerprint density at radius 1 is 1.27 bits per heavy atom. The van der Waals surface area contributed by atoms with E-state index in [1.165, 1.54) is 24.2 Å². The number of rotatable bonds is 8. The van der Waals surface area contributed by atoms with Gasteiger partial charge in [-0.2, -0.15) is 0 Å². The molecular weight excluding hydrogens is 587 g/mol. The molecule has 0 radical (unpaired) electrons. The van der Waals surface area contributed by atoms with Crippen LogP contribution in [0.1, 0.15) is 65.4 Å². The van der Waals surface area contributed by atoms with Crippen LogP contribution in [0.3, 0.4) is 0 Å². The molecule has 216 valence electrons. The molecule has 0 amide bonds. The van der Waals surface area contributed by atoms with Crippen LogP contribution < -0.4 is 68.9 Å². The second-order valence-electron chi connectivity index (χ2n) is 12.1. The number of phosphoric ester groups is 1. The number of nitrogens with zero attached hydrogens (tertiary/aromatic N) is 1. The van der Waals surface area contributed by atoms with Crippen LogP contribution in [0.5, 0.6) is 0 Å². The van der Waals surface area contributed by atoms with Crippen LogP contribution >= 0.6 is 19.6 Å². The van der Waals surface area contributed by atoms with Gasteiger partial charge < -0.3 is 28.7 Å². The topological polar surface area (TPSA) is 149 Å². The summed E-state index contributed by atoms with van der Waals surface area (Å²) in [5.74, 6) is -0.555. The molecule has 0 unspecified atom stereocenters. The zero-order valence-electron chi connectivity index (χ0n) is 25.0. The molecule has 1 aromatic heterocycles. The number of hydrogen-bond acceptors (Lipinski definition) is 10. The maximum absolute atomic E-state index is 13.5. The van der Waals surface area contributed by atoms with Crippen molar-refractivity contribution in [3.63, 3.8) is 0 Å². The van der Waals surface area contributed by atoms with E-state index in [0.29, 0.717) is 23.3 Å². The first-order chi connectivity index (χ1) is 18.2. The largest absolute Gasteiger partial charge is 1.00 e. The molecule has 13 heteroatoms. The molecule has 9 nitrogen and oxygen atoms in total. The van der Waals surface area contributed by atoms with Gasteiger partial charge in [-0.3, -0.25) is 14.6 Å². The second-order valence-corrected chi connectivity index (χ2v) is 14.3. The molecule has 3 aliphatic rings. The molecule has 1 heterocycles. The van der Waals surface area contributed by atoms with Crippen LogP contribution in [0, 0.1) is 34.0 Å². The van der Waals surface area contributed by atoms with E-state index in [1.54, 1.807) is 12.1 Å². The summed E-state index contributed by atoms with van der Waals surface area (Å²) in [6, 6.07) is 1.60. The Morgan fingerprint density at radius 2 is 1.95 bits per heavy atom. The smallest absolute Gasteiger partial charge is 0.790 e. The molecule has 0 aliphatic heterocycles. The predicted octanol–water partition coefficient (Wildman–Crippen LogP) is -2.57. The quantitative estimate of drug-likeness (QED) is 0.108. The molecule has 3 fully saturated rings. The first-order valence-corrected chi connectivity index (χ1v) is 15.9. The van der Waals surface area contributed by atoms with Crippen LogP contribution in [0.25, 0.3) is 0 Å². The van der Waals surface area contributed by atoms with Gasteiger partial charge in [-0.1, -0.05) is 33.8 Å². The summed E-state index contributed by atoms with van der Waals surface area (Å²) >= 11 is 1.17. The minimum atomic E-state index is -5.12. The van der Waals surface area contributed by atoms with Crippen LogP contribution in [0.4, 0.5) is 0 Å². The summed E-state index contributed by atoms with van der Waals surface area (Å²) < 4.78 is 21.3. The van der Waals surface area contributed by atoms with Gasteiger partial charge in [-0.15, -0.1) is 18.3 Å². The Kier molecular flexibility index (Phi) is 13.1. The molecule has 3 aliphatic carbocycles. The van der Waals surface area contributed by atoms with Crippen molar-refractivity contribution in [3.8, 4) is 0 Å². The van der Waals surface area contributed by atoms with Gasteiger partial charge >= 0.3 is 65.1 Å². The Hall–Kier alpha value is 0.450. The molecule has 4 rings (SSSR count). The van der Waals surface area contributed by atoms with Crippen LogP contribution in [-0.4, -0.2) is 39.8 Å². The first kappa shape index (κ1) is 37.6. The number of esters is 1. The Labute approximate surface area is 291 Å². The van der Waals surface area contributed by atoms with E-state index >= 15 is 0 Å². The number of Topliss-reactive ketones (excluding diaryl/α,β-unsaturated/α-hetero) is 1. The molecule has 0 aromatic carbocycles. The summed E-state index contributed by atoms with van der Waals surface area (Å²) in [4.78, 5) is 52.9. The van der Waals surface area contributed by atoms with Crippen molar-refractivity contribution in [1.29, 1.82) is 0 Å². The normalized spacial score (nSPS) is 36.6. The molecule has 1 N–H and O–H groups in total. The number of ether oxygens (including phenoxy) is 1. The molecular formula is C28H38NNa2O8PS. The van der Waals surface area contributed by atoms with Gasteiger partial charge in [0.1, 0.15) is 11.9 Å². The second kappa shape index (κ2) is 14.3. The molecule has 3 saturated carbocycles. The van der Waals surface area contributed by atoms with Gasteiger partial charge in [0.15, 0.2) is 0 Å². The van der Waals surface area contributed by atoms with Gasteiger partial charge in [0.2, 0.25) is 0 Å². The van der Waals surface area contributed by atoms with E-state index in [-0.39, 0.29) is 93.8 Å². The number of aromatic nitrogens is 1. The van der Waals surface area contributed by atoms with Crippen molar-refractivity contribution in [3.05, 3.63) is 36.7 Å². The summed E-state index contributed by atoms with van der Waals surface area (Å²) in [5, 5.41) is 11.6. The number of carbonyl (C=O) groups excluding carboxylic acids is 2. The number of ketones is 1. The number of pyridine rings is 1. The fourth-order valence-electron chi connectivity index (χ4n) is 7.61. The van der Waals surface area contributed by atoms with Crippen molar-refractivity contribution in [2.24, 2.45) is 34.0 Å². The monoisotopic (exact) mass is 625 g/mol. The molecule has 1 aromatic rings. The van der Waals surface area contributed by atoms with E-state index in [0.717, 1.165) is 19.3 Å². The van der Waals surface area contributed by atoms with Gasteiger partial charge in [-0.05, 0) is 54.6 Å². The van der Waals surface area contributed by atoms with E-state index < -0.39 is 43.4 Å². The van der Waals surface area contributed by atoms with Gasteiger partial charge in [0.25, 0.3) is 0 Å². The standard InChI is InChI=1S/C28H40NO8PS.2Na/c1-6-26(4)12-22(37-23(31)16-39-20-11-19(13-29-14-20)15-36-38(33,34)35)27(5)17(2)7-9-28(18(3)25(26)32)10-8-21(30)24(27)28;;/h6,11,13-14,17-18,22,24-25,32H,1,7-10,12,15-16H2,2-5H3,(H2,33,34,35);;/q;2*+1/p-2/t17-,18+,22-,24+,25+,26-,27+,28+;;/m1../s1. The molecule has 2 bridgehead atoms. The third kappa shape index (κ3) is 7.47. The summed E-state index contributed by atoms with van der Waals surface area (Å²) in [6.07, 6.45) is 6.67. The molecule has 8 atom stereocenters. The summed E-state index contributed by atoms with van der Waals surface area (Å²) in [7, 11) is -5.12. The molecule has 41 heavy (non-hydrogen) atoms. The number of hydrogen-bond donors (Lipinski definition) is 1. The summed E-state index contributed by atoms with van der Waals surface area (Å²) in [6.45, 7) is 11.8. The van der Waals surface area contributed by atoms with E-state index in [4.69, 9.17) is 4.74 Å². The third-order valence-corrected chi connectivity index (χ3v) is 11.5. The number of aliphatic hydroxyl groups excluding tert-OH is 1. The fourth-order valence-corrected chi connectivity index (χ4v) is 8.64. The Balaban J connectivity index is 0.00000294. The number of aliphatic hydroxyl groups is 1. The van der Waals surface area contributed by atoms with Crippen LogP contribution in [-0.2, 0) is 30.0 Å². The van der Waals surface area contributed by atoms with E-state index in [2.05, 4.69) is 36.9 Å². The van der Waals surface area contributed by atoms with E-state index in [9.17, 15) is 29.0 Å². The van der Waals surface area contributed by atoms with E-state index in [1.807, 2.05) is 6.92 Å². The maximum atomic E-state index is 13.5. The minimum Gasteiger partial charge on any atom is -0.790 e. The third-order valence-electron chi connectivity index (χ3n) is 10.1. The maximum Gasteiger partial charge on any atom is 1.00 e. The SMILES string of the molecule is C=C[C@]1(C)C[C@@H](OC(=O)CSc2cncc(COP(=O)([O-])[O-])c2)[C@]2(C)[C@H](C)CC[C@]3(CCC(=O)[C@H]32)[C@@H](C)[C@@H]1O.[Na+].[Na+]. The van der Waals surface area contributed by atoms with Crippen molar-refractivity contribution in [2.45, 2.75) is 83.5 Å². The number of thioether (sulfide) groups is 1. The number of carbonyl (C=O) groups is 2. The van der Waals surface area contributed by atoms with Crippen molar-refractivity contribution in [1.82, 2.24) is 4.98 Å². The van der Waals surface area contributed by atoms with Crippen molar-refractivity contribution in [2.75, 3.05) is 5.75 Å². The summed E-state index contributed by atoms with van der Waals surface area (Å²) in [5.41, 5.74) is -1.26. The first-order valence-electron chi connectivity index (χ1n) is 13.4. The van der Waals surface area contributed by atoms with Gasteiger partial charge in [0, 0.05) is 40.5 Å². The van der Waals surface area contributed by atoms with Gasteiger partial charge in [-0.25, -0.2) is 0 Å². The minimum absolute atomic E-state index is 0. The predicted molar refractivity (Wildman–Crippen MR) is 142 cm³/mol. The zero-order valence-corrected chi connectivity index (χ0v) is 30.7. The van der Waals surface area contributed by atoms with Crippen molar-refractivity contribution < 1.29 is 97.4 Å². The van der Waals surface area contributed by atoms with Gasteiger partial charge in [0.05, 0.1) is 26.3 Å². The average Bonchev–Trinajstić information content (AvgIpc) is 3.24. The Bertz CT molecular complexity index is 1190. The van der Waals surface area contributed by atoms with Crippen molar-refractivity contribution >= 4 is 31.3 Å². The molecule has 0 spiro atoms.